The van der Waals surface area contributed by atoms with Gasteiger partial charge >= 0.3 is 0 Å². The predicted molar refractivity (Wildman–Crippen MR) is 47.2 cm³/mol. The van der Waals surface area contributed by atoms with E-state index in [9.17, 15) is 9.59 Å². The predicted octanol–water partition coefficient (Wildman–Crippen LogP) is 0.366. The van der Waals surface area contributed by atoms with Crippen LogP contribution < -0.4 is 5.73 Å². The van der Waals surface area contributed by atoms with Gasteiger partial charge in [0.2, 0.25) is 0 Å². The van der Waals surface area contributed by atoms with Gasteiger partial charge in [-0.3, -0.25) is 14.6 Å². The molecule has 0 bridgehead atoms. The van der Waals surface area contributed by atoms with Gasteiger partial charge in [-0.05, 0) is 25.5 Å². The summed E-state index contributed by atoms with van der Waals surface area (Å²) in [5, 5.41) is 0. The molecule has 0 saturated heterocycles. The summed E-state index contributed by atoms with van der Waals surface area (Å²) in [6, 6.07) is 1.61. The van der Waals surface area contributed by atoms with Crippen LogP contribution >= 0.6 is 0 Å². The maximum Gasteiger partial charge on any atom is 0.289 e. The average molecular weight is 178 g/mol. The summed E-state index contributed by atoms with van der Waals surface area (Å²) in [5.41, 5.74) is 6.79. The molecule has 0 spiro atoms. The molecule has 68 valence electrons. The Bertz CT molecular complexity index is 372. The SMILES string of the molecule is Cc1cc(C(=O)C(N)=O)cnc1C. The fourth-order valence-electron chi connectivity index (χ4n) is 0.910. The molecule has 4 heteroatoms. The molecule has 2 N–H and O–H groups in total. The van der Waals surface area contributed by atoms with Crippen LogP contribution in [0.5, 0.6) is 0 Å². The second-order valence-corrected chi connectivity index (χ2v) is 2.82. The second kappa shape index (κ2) is 3.35. The second-order valence-electron chi connectivity index (χ2n) is 2.82. The standard InChI is InChI=1S/C9H10N2O2/c1-5-3-7(4-11-6(5)2)8(12)9(10)13/h3-4H,1-2H3,(H2,10,13). The number of hydrogen-bond acceptors (Lipinski definition) is 3. The van der Waals surface area contributed by atoms with Crippen LogP contribution in [0, 0.1) is 13.8 Å². The Kier molecular flexibility index (Phi) is 2.41. The van der Waals surface area contributed by atoms with E-state index in [1.54, 1.807) is 6.07 Å². The van der Waals surface area contributed by atoms with E-state index in [2.05, 4.69) is 4.98 Å². The number of ketones is 1. The van der Waals surface area contributed by atoms with Crippen LogP contribution in [0.3, 0.4) is 0 Å². The Hall–Kier alpha value is -1.71. The van der Waals surface area contributed by atoms with E-state index in [0.717, 1.165) is 11.3 Å². The summed E-state index contributed by atoms with van der Waals surface area (Å²) in [6.45, 7) is 3.65. The van der Waals surface area contributed by atoms with Crippen molar-refractivity contribution in [2.24, 2.45) is 5.73 Å². The van der Waals surface area contributed by atoms with Crippen molar-refractivity contribution in [3.05, 3.63) is 29.1 Å². The molecule has 4 nitrogen and oxygen atoms in total. The maximum atomic E-state index is 11.1. The van der Waals surface area contributed by atoms with Crippen LogP contribution in [0.4, 0.5) is 0 Å². The molecule has 0 aliphatic heterocycles. The quantitative estimate of drug-likeness (QED) is 0.525. The van der Waals surface area contributed by atoms with Crippen molar-refractivity contribution in [3.63, 3.8) is 0 Å². The third-order valence-electron chi connectivity index (χ3n) is 1.83. The number of Topliss-reactive ketones (excluding diaryl/α,β-unsaturated/α-hetero) is 1. The number of hydrogen-bond donors (Lipinski definition) is 1. The first-order valence-corrected chi connectivity index (χ1v) is 3.79. The summed E-state index contributed by atoms with van der Waals surface area (Å²) in [5.74, 6) is -1.65. The van der Waals surface area contributed by atoms with Crippen molar-refractivity contribution >= 4 is 11.7 Å². The molecule has 0 aromatic carbocycles. The number of carbonyl (C=O) groups excluding carboxylic acids is 2. The molecular weight excluding hydrogens is 168 g/mol. The van der Waals surface area contributed by atoms with Gasteiger partial charge in [0.1, 0.15) is 0 Å². The van der Waals surface area contributed by atoms with Gasteiger partial charge in [0.25, 0.3) is 11.7 Å². The molecule has 0 saturated carbocycles. The van der Waals surface area contributed by atoms with Crippen molar-refractivity contribution in [2.45, 2.75) is 13.8 Å². The normalized spacial score (nSPS) is 9.69. The van der Waals surface area contributed by atoms with E-state index in [1.165, 1.54) is 6.20 Å². The molecule has 1 heterocycles. The van der Waals surface area contributed by atoms with Gasteiger partial charge in [-0.15, -0.1) is 0 Å². The Labute approximate surface area is 75.8 Å². The van der Waals surface area contributed by atoms with E-state index in [1.807, 2.05) is 13.8 Å². The highest BCUT2D eigenvalue weighted by Gasteiger charge is 2.12. The van der Waals surface area contributed by atoms with E-state index in [4.69, 9.17) is 5.73 Å². The number of amides is 1. The lowest BCUT2D eigenvalue weighted by atomic mass is 10.1. The number of nitrogens with zero attached hydrogens (tertiary/aromatic N) is 1. The van der Waals surface area contributed by atoms with Crippen LogP contribution in [-0.2, 0) is 4.79 Å². The van der Waals surface area contributed by atoms with Gasteiger partial charge in [-0.2, -0.15) is 0 Å². The summed E-state index contributed by atoms with van der Waals surface area (Å²) in [4.78, 5) is 25.6. The number of rotatable bonds is 2. The van der Waals surface area contributed by atoms with Gasteiger partial charge in [0.05, 0.1) is 0 Å². The third-order valence-corrected chi connectivity index (χ3v) is 1.83. The highest BCUT2D eigenvalue weighted by molar-refractivity contribution is 6.42. The zero-order valence-corrected chi connectivity index (χ0v) is 7.50. The molecule has 0 atom stereocenters. The summed E-state index contributed by atoms with van der Waals surface area (Å²) >= 11 is 0. The number of primary amides is 1. The minimum Gasteiger partial charge on any atom is -0.363 e. The van der Waals surface area contributed by atoms with Crippen LogP contribution in [0.2, 0.25) is 0 Å². The Balaban J connectivity index is 3.11. The average Bonchev–Trinajstić information content (AvgIpc) is 2.08. The Morgan fingerprint density at radius 2 is 2.00 bits per heavy atom. The first-order chi connectivity index (χ1) is 6.02. The monoisotopic (exact) mass is 178 g/mol. The summed E-state index contributed by atoms with van der Waals surface area (Å²) < 4.78 is 0. The van der Waals surface area contributed by atoms with E-state index in [0.29, 0.717) is 0 Å². The van der Waals surface area contributed by atoms with Gasteiger partial charge in [0, 0.05) is 17.5 Å². The highest BCUT2D eigenvalue weighted by Crippen LogP contribution is 2.06. The van der Waals surface area contributed by atoms with Crippen molar-refractivity contribution in [1.82, 2.24) is 4.98 Å². The summed E-state index contributed by atoms with van der Waals surface area (Å²) in [6.07, 6.45) is 1.36. The fourth-order valence-corrected chi connectivity index (χ4v) is 0.910. The zero-order chi connectivity index (χ0) is 10.0. The molecule has 1 amide bonds. The van der Waals surface area contributed by atoms with Crippen LogP contribution in [0.15, 0.2) is 12.3 Å². The van der Waals surface area contributed by atoms with Crippen molar-refractivity contribution < 1.29 is 9.59 Å². The maximum absolute atomic E-state index is 11.1. The number of nitrogens with two attached hydrogens (primary N) is 1. The lowest BCUT2D eigenvalue weighted by molar-refractivity contribution is -0.114. The van der Waals surface area contributed by atoms with Gasteiger partial charge < -0.3 is 5.73 Å². The number of aromatic nitrogens is 1. The van der Waals surface area contributed by atoms with E-state index >= 15 is 0 Å². The molecule has 0 unspecified atom stereocenters. The Morgan fingerprint density at radius 1 is 1.38 bits per heavy atom. The van der Waals surface area contributed by atoms with Crippen LogP contribution in [0.25, 0.3) is 0 Å². The molecule has 1 rings (SSSR count). The molecule has 1 aromatic rings. The van der Waals surface area contributed by atoms with Gasteiger partial charge in [-0.1, -0.05) is 0 Å². The largest absolute Gasteiger partial charge is 0.363 e. The van der Waals surface area contributed by atoms with E-state index in [-0.39, 0.29) is 5.56 Å². The molecule has 0 radical (unpaired) electrons. The number of aryl methyl sites for hydroxylation is 2. The van der Waals surface area contributed by atoms with Gasteiger partial charge in [0.15, 0.2) is 0 Å². The smallest absolute Gasteiger partial charge is 0.289 e. The molecule has 13 heavy (non-hydrogen) atoms. The Morgan fingerprint density at radius 3 is 2.46 bits per heavy atom. The molecule has 0 fully saturated rings. The van der Waals surface area contributed by atoms with Gasteiger partial charge in [-0.25, -0.2) is 0 Å². The minimum atomic E-state index is -0.954. The van der Waals surface area contributed by atoms with Crippen molar-refractivity contribution in [2.75, 3.05) is 0 Å². The molecule has 0 aliphatic carbocycles. The summed E-state index contributed by atoms with van der Waals surface area (Å²) in [7, 11) is 0. The number of pyridine rings is 1. The topological polar surface area (TPSA) is 73.1 Å². The lowest BCUT2D eigenvalue weighted by Gasteiger charge is -2.00. The van der Waals surface area contributed by atoms with E-state index < -0.39 is 11.7 Å². The third kappa shape index (κ3) is 1.90. The van der Waals surface area contributed by atoms with Crippen LogP contribution in [-0.4, -0.2) is 16.7 Å². The molecular formula is C9H10N2O2. The zero-order valence-electron chi connectivity index (χ0n) is 7.50. The van der Waals surface area contributed by atoms with Crippen molar-refractivity contribution in [3.8, 4) is 0 Å². The first kappa shape index (κ1) is 9.38. The number of carbonyl (C=O) groups is 2. The van der Waals surface area contributed by atoms with Crippen molar-refractivity contribution in [1.29, 1.82) is 0 Å². The fraction of sp³-hybridized carbons (Fsp3) is 0.222. The molecule has 1 aromatic heterocycles. The van der Waals surface area contributed by atoms with Crippen LogP contribution in [0.1, 0.15) is 21.6 Å². The highest BCUT2D eigenvalue weighted by atomic mass is 16.2. The molecule has 0 aliphatic rings. The lowest BCUT2D eigenvalue weighted by Crippen LogP contribution is -2.23. The first-order valence-electron chi connectivity index (χ1n) is 3.79. The minimum absolute atomic E-state index is 0.246.